The molecule has 1 saturated heterocycles. The van der Waals surface area contributed by atoms with Crippen LogP contribution in [0.15, 0.2) is 71.8 Å². The molecule has 9 nitrogen and oxygen atoms in total. The summed E-state index contributed by atoms with van der Waals surface area (Å²) in [6.07, 6.45) is -2.18. The molecule has 184 valence electrons. The average Bonchev–Trinajstić information content (AvgIpc) is 3.53. The molecular formula is C24H18F3N5O4. The maximum atomic E-state index is 13.2. The molecule has 0 N–H and O–H groups in total. The summed E-state index contributed by atoms with van der Waals surface area (Å²) >= 11 is 0. The molecule has 2 aromatic heterocycles. The summed E-state index contributed by atoms with van der Waals surface area (Å²) in [5, 5.41) is 8.54. The normalized spacial score (nSPS) is 13.7. The van der Waals surface area contributed by atoms with E-state index in [1.807, 2.05) is 0 Å². The topological polar surface area (TPSA) is 91.5 Å². The van der Waals surface area contributed by atoms with Crippen LogP contribution in [-0.2, 0) is 10.9 Å². The number of amides is 1. The van der Waals surface area contributed by atoms with Gasteiger partial charge in [0.2, 0.25) is 5.43 Å². The van der Waals surface area contributed by atoms with Crippen molar-refractivity contribution in [2.75, 3.05) is 25.2 Å². The number of alkyl halides is 3. The molecule has 5 rings (SSSR count). The van der Waals surface area contributed by atoms with Crippen LogP contribution >= 0.6 is 0 Å². The van der Waals surface area contributed by atoms with E-state index >= 15 is 0 Å². The van der Waals surface area contributed by atoms with Gasteiger partial charge in [-0.15, -0.1) is 0 Å². The van der Waals surface area contributed by atoms with Crippen molar-refractivity contribution in [3.05, 3.63) is 82.8 Å². The van der Waals surface area contributed by atoms with Gasteiger partial charge in [-0.25, -0.2) is 14.2 Å². The third kappa shape index (κ3) is 4.17. The Morgan fingerprint density at radius 3 is 2.58 bits per heavy atom. The number of hydrogen-bond acceptors (Lipinski definition) is 6. The molecule has 0 saturated carbocycles. The molecule has 4 aromatic rings. The van der Waals surface area contributed by atoms with Crippen molar-refractivity contribution in [2.45, 2.75) is 6.18 Å². The highest BCUT2D eigenvalue weighted by Gasteiger charge is 2.31. The summed E-state index contributed by atoms with van der Waals surface area (Å²) in [6, 6.07) is 12.4. The average molecular weight is 497 g/mol. The number of methoxy groups -OCH3 is 1. The number of rotatable bonds is 5. The molecule has 0 spiro atoms. The van der Waals surface area contributed by atoms with Gasteiger partial charge in [0.1, 0.15) is 18.0 Å². The van der Waals surface area contributed by atoms with Crippen LogP contribution in [0.5, 0.6) is 5.75 Å². The highest BCUT2D eigenvalue weighted by atomic mass is 19.4. The van der Waals surface area contributed by atoms with Gasteiger partial charge in [0.25, 0.3) is 0 Å². The Balaban J connectivity index is 1.57. The van der Waals surface area contributed by atoms with Crippen LogP contribution in [0.1, 0.15) is 5.56 Å². The van der Waals surface area contributed by atoms with Gasteiger partial charge in [-0.05, 0) is 36.4 Å². The second-order valence-corrected chi connectivity index (χ2v) is 7.77. The minimum absolute atomic E-state index is 0.0262. The molecule has 3 heterocycles. The van der Waals surface area contributed by atoms with Crippen LogP contribution in [0, 0.1) is 0 Å². The number of ether oxygens (including phenoxy) is 2. The van der Waals surface area contributed by atoms with Crippen LogP contribution in [0.4, 0.5) is 23.7 Å². The number of carbonyl (C=O) groups is 1. The van der Waals surface area contributed by atoms with Crippen molar-refractivity contribution in [3.8, 4) is 28.5 Å². The summed E-state index contributed by atoms with van der Waals surface area (Å²) in [5.41, 5.74) is 0.0655. The zero-order valence-corrected chi connectivity index (χ0v) is 18.8. The summed E-state index contributed by atoms with van der Waals surface area (Å²) in [4.78, 5) is 26.1. The van der Waals surface area contributed by atoms with Crippen molar-refractivity contribution in [1.82, 2.24) is 19.6 Å². The van der Waals surface area contributed by atoms with E-state index in [0.717, 1.165) is 12.1 Å². The maximum Gasteiger partial charge on any atom is 0.416 e. The smallest absolute Gasteiger partial charge is 0.416 e. The number of benzene rings is 2. The highest BCUT2D eigenvalue weighted by Crippen LogP contribution is 2.32. The van der Waals surface area contributed by atoms with Crippen molar-refractivity contribution >= 4 is 11.8 Å². The Morgan fingerprint density at radius 2 is 1.86 bits per heavy atom. The maximum absolute atomic E-state index is 13.2. The van der Waals surface area contributed by atoms with Crippen LogP contribution in [0.3, 0.4) is 0 Å². The first-order chi connectivity index (χ1) is 17.3. The molecule has 0 bridgehead atoms. The van der Waals surface area contributed by atoms with Gasteiger partial charge in [-0.3, -0.25) is 9.69 Å². The van der Waals surface area contributed by atoms with Gasteiger partial charge in [0.05, 0.1) is 42.5 Å². The molecule has 2 aromatic carbocycles. The number of hydrogen-bond donors (Lipinski definition) is 0. The molecule has 1 aliphatic rings. The predicted octanol–water partition coefficient (Wildman–Crippen LogP) is 4.07. The standard InChI is InChI=1S/C24H18F3N5O4/c1-35-21-14-16(30-11-12-36-23(30)34)5-6-18(21)31-10-8-20(33)22(29-31)19-7-9-28-32(19)17-4-2-3-15(13-17)24(25,26)27/h2-10,13-14H,11-12H2,1H3. The lowest BCUT2D eigenvalue weighted by Crippen LogP contribution is -2.23. The van der Waals surface area contributed by atoms with Crippen molar-refractivity contribution in [1.29, 1.82) is 0 Å². The zero-order valence-electron chi connectivity index (χ0n) is 18.8. The first kappa shape index (κ1) is 23.1. The van der Waals surface area contributed by atoms with Gasteiger partial charge in [-0.1, -0.05) is 6.07 Å². The quantitative estimate of drug-likeness (QED) is 0.413. The second kappa shape index (κ2) is 8.87. The second-order valence-electron chi connectivity index (χ2n) is 7.77. The number of nitrogens with zero attached hydrogens (tertiary/aromatic N) is 5. The van der Waals surface area contributed by atoms with Gasteiger partial charge in [0.15, 0.2) is 5.69 Å². The Labute approximate surface area is 201 Å². The Morgan fingerprint density at radius 1 is 1.03 bits per heavy atom. The lowest BCUT2D eigenvalue weighted by Gasteiger charge is -2.17. The Hall–Kier alpha value is -4.61. The van der Waals surface area contributed by atoms with Crippen molar-refractivity contribution in [3.63, 3.8) is 0 Å². The van der Waals surface area contributed by atoms with E-state index in [1.165, 1.54) is 58.0 Å². The molecule has 1 aliphatic heterocycles. The van der Waals surface area contributed by atoms with E-state index < -0.39 is 23.3 Å². The SMILES string of the molecule is COc1cc(N2CCOC2=O)ccc1-n1ccc(=O)c(-c2ccnn2-c2cccc(C(F)(F)F)c2)n1. The fourth-order valence-corrected chi connectivity index (χ4v) is 3.87. The van der Waals surface area contributed by atoms with Crippen LogP contribution in [-0.4, -0.2) is 45.9 Å². The fourth-order valence-electron chi connectivity index (χ4n) is 3.87. The van der Waals surface area contributed by atoms with Gasteiger partial charge >= 0.3 is 12.3 Å². The lowest BCUT2D eigenvalue weighted by molar-refractivity contribution is -0.137. The first-order valence-corrected chi connectivity index (χ1v) is 10.7. The minimum Gasteiger partial charge on any atom is -0.494 e. The lowest BCUT2D eigenvalue weighted by atomic mass is 10.2. The Kier molecular flexibility index (Phi) is 5.71. The molecule has 0 aliphatic carbocycles. The third-order valence-corrected chi connectivity index (χ3v) is 5.59. The molecule has 1 fully saturated rings. The van der Waals surface area contributed by atoms with E-state index in [9.17, 15) is 22.8 Å². The molecule has 0 atom stereocenters. The van der Waals surface area contributed by atoms with E-state index in [-0.39, 0.29) is 23.7 Å². The van der Waals surface area contributed by atoms with E-state index in [0.29, 0.717) is 23.7 Å². The molecule has 0 radical (unpaired) electrons. The molecular weight excluding hydrogens is 479 g/mol. The van der Waals surface area contributed by atoms with Crippen molar-refractivity contribution < 1.29 is 27.4 Å². The summed E-state index contributed by atoms with van der Waals surface area (Å²) in [7, 11) is 1.46. The molecule has 12 heteroatoms. The van der Waals surface area contributed by atoms with Crippen molar-refractivity contribution in [2.24, 2.45) is 0 Å². The van der Waals surface area contributed by atoms with Crippen LogP contribution in [0.25, 0.3) is 22.8 Å². The first-order valence-electron chi connectivity index (χ1n) is 10.7. The summed E-state index contributed by atoms with van der Waals surface area (Å²) in [5.74, 6) is 0.376. The van der Waals surface area contributed by atoms with E-state index in [4.69, 9.17) is 9.47 Å². The molecule has 36 heavy (non-hydrogen) atoms. The van der Waals surface area contributed by atoms with Gasteiger partial charge in [0, 0.05) is 18.3 Å². The van der Waals surface area contributed by atoms with Crippen LogP contribution in [0.2, 0.25) is 0 Å². The monoisotopic (exact) mass is 497 g/mol. The molecule has 1 amide bonds. The number of halogens is 3. The number of aromatic nitrogens is 4. The number of cyclic esters (lactones) is 1. The highest BCUT2D eigenvalue weighted by molar-refractivity contribution is 5.89. The minimum atomic E-state index is -4.53. The van der Waals surface area contributed by atoms with E-state index in [1.54, 1.807) is 18.2 Å². The van der Waals surface area contributed by atoms with Gasteiger partial charge < -0.3 is 9.47 Å². The van der Waals surface area contributed by atoms with Gasteiger partial charge in [-0.2, -0.15) is 23.4 Å². The third-order valence-electron chi connectivity index (χ3n) is 5.59. The Bertz CT molecular complexity index is 1510. The summed E-state index contributed by atoms with van der Waals surface area (Å²) in [6.45, 7) is 0.689. The number of carbonyl (C=O) groups excluding carboxylic acids is 1. The summed E-state index contributed by atoms with van der Waals surface area (Å²) < 4.78 is 52.8. The predicted molar refractivity (Wildman–Crippen MR) is 123 cm³/mol. The van der Waals surface area contributed by atoms with E-state index in [2.05, 4.69) is 10.2 Å². The number of anilines is 1. The van der Waals surface area contributed by atoms with Crippen LogP contribution < -0.4 is 15.1 Å². The largest absolute Gasteiger partial charge is 0.494 e. The fraction of sp³-hybridized carbons (Fsp3) is 0.167. The molecule has 0 unspecified atom stereocenters. The zero-order chi connectivity index (χ0) is 25.4.